The largest absolute Gasteiger partial charge is 0.467 e. The summed E-state index contributed by atoms with van der Waals surface area (Å²) in [4.78, 5) is 62.1. The maximum Gasteiger partial charge on any atom is 0.345 e. The molecule has 0 bridgehead atoms. The lowest BCUT2D eigenvalue weighted by Gasteiger charge is -2.54. The van der Waals surface area contributed by atoms with E-state index in [0.29, 0.717) is 0 Å². The van der Waals surface area contributed by atoms with E-state index in [0.717, 1.165) is 33.2 Å². The van der Waals surface area contributed by atoms with E-state index < -0.39 is 53.0 Å². The number of carbonyl (C=O) groups is 5. The Kier molecular flexibility index (Phi) is 5.70. The first kappa shape index (κ1) is 19.6. The first-order valence-electron chi connectivity index (χ1n) is 7.21. The predicted octanol–water partition coefficient (Wildman–Crippen LogP) is -0.684. The standard InChI is InChI=1S/C15H21NO8/c1-7(2)10(12(19)22-4)16-11(18)9(8(3)17)15(16,13(20)23-5)14(21)24-6/h7,9-10H,1-6H3. The minimum absolute atomic E-state index is 0.497. The van der Waals surface area contributed by atoms with E-state index in [2.05, 4.69) is 14.2 Å². The van der Waals surface area contributed by atoms with Gasteiger partial charge in [-0.3, -0.25) is 9.59 Å². The normalized spacial score (nSPS) is 20.0. The van der Waals surface area contributed by atoms with Crippen LogP contribution in [0.3, 0.4) is 0 Å². The molecule has 1 saturated heterocycles. The molecule has 9 heteroatoms. The summed E-state index contributed by atoms with van der Waals surface area (Å²) in [6.45, 7) is 4.29. The van der Waals surface area contributed by atoms with Gasteiger partial charge in [-0.1, -0.05) is 13.8 Å². The summed E-state index contributed by atoms with van der Waals surface area (Å²) < 4.78 is 14.0. The smallest absolute Gasteiger partial charge is 0.345 e. The van der Waals surface area contributed by atoms with E-state index in [4.69, 9.17) is 0 Å². The van der Waals surface area contributed by atoms with Gasteiger partial charge < -0.3 is 19.1 Å². The van der Waals surface area contributed by atoms with Crippen LogP contribution in [-0.4, -0.2) is 67.4 Å². The number of ketones is 1. The van der Waals surface area contributed by atoms with E-state index in [9.17, 15) is 24.0 Å². The third-order valence-electron chi connectivity index (χ3n) is 4.03. The molecule has 9 nitrogen and oxygen atoms in total. The van der Waals surface area contributed by atoms with Crippen molar-refractivity contribution in [1.29, 1.82) is 0 Å². The molecule has 2 atom stereocenters. The summed E-state index contributed by atoms with van der Waals surface area (Å²) in [5, 5.41) is 0. The monoisotopic (exact) mass is 343 g/mol. The Hall–Kier alpha value is -2.45. The second-order valence-corrected chi connectivity index (χ2v) is 5.71. The van der Waals surface area contributed by atoms with Gasteiger partial charge in [0.05, 0.1) is 21.3 Å². The maximum atomic E-state index is 12.5. The van der Waals surface area contributed by atoms with E-state index in [1.807, 2.05) is 0 Å². The third-order valence-corrected chi connectivity index (χ3v) is 4.03. The molecule has 1 rings (SSSR count). The number of Topliss-reactive ketones (excluding diaryl/α,β-unsaturated/α-hetero) is 1. The van der Waals surface area contributed by atoms with Crippen molar-refractivity contribution >= 4 is 29.6 Å². The van der Waals surface area contributed by atoms with Gasteiger partial charge in [-0.2, -0.15) is 0 Å². The van der Waals surface area contributed by atoms with E-state index in [1.54, 1.807) is 13.8 Å². The molecule has 2 unspecified atom stereocenters. The lowest BCUT2D eigenvalue weighted by atomic mass is 9.68. The number of hydrogen-bond acceptors (Lipinski definition) is 8. The lowest BCUT2D eigenvalue weighted by Crippen LogP contribution is -2.83. The van der Waals surface area contributed by atoms with Crippen molar-refractivity contribution in [3.8, 4) is 0 Å². The van der Waals surface area contributed by atoms with Crippen LogP contribution in [0.25, 0.3) is 0 Å². The zero-order valence-electron chi connectivity index (χ0n) is 14.4. The molecule has 0 spiro atoms. The van der Waals surface area contributed by atoms with Gasteiger partial charge in [0.2, 0.25) is 5.91 Å². The number of ether oxygens (including phenoxy) is 3. The molecule has 0 saturated carbocycles. The average Bonchev–Trinajstić information content (AvgIpc) is 2.53. The Labute approximate surface area is 139 Å². The molecular weight excluding hydrogens is 322 g/mol. The predicted molar refractivity (Wildman–Crippen MR) is 78.4 cm³/mol. The summed E-state index contributed by atoms with van der Waals surface area (Å²) in [6.07, 6.45) is 0. The zero-order chi connectivity index (χ0) is 18.8. The third kappa shape index (κ3) is 2.53. The van der Waals surface area contributed by atoms with Crippen molar-refractivity contribution in [2.24, 2.45) is 11.8 Å². The highest BCUT2D eigenvalue weighted by atomic mass is 16.6. The van der Waals surface area contributed by atoms with Crippen LogP contribution >= 0.6 is 0 Å². The van der Waals surface area contributed by atoms with E-state index in [-0.39, 0.29) is 0 Å². The number of likely N-dealkylation sites (tertiary alicyclic amines) is 1. The molecule has 0 aromatic carbocycles. The van der Waals surface area contributed by atoms with Gasteiger partial charge in [0.15, 0.2) is 0 Å². The fourth-order valence-electron chi connectivity index (χ4n) is 3.01. The Balaban J connectivity index is 3.63. The Morgan fingerprint density at radius 1 is 1.00 bits per heavy atom. The summed E-state index contributed by atoms with van der Waals surface area (Å²) in [5.74, 6) is -6.77. The van der Waals surface area contributed by atoms with Crippen LogP contribution in [-0.2, 0) is 38.2 Å². The lowest BCUT2D eigenvalue weighted by molar-refractivity contribution is -0.210. The zero-order valence-corrected chi connectivity index (χ0v) is 14.4. The summed E-state index contributed by atoms with van der Waals surface area (Å²) >= 11 is 0. The van der Waals surface area contributed by atoms with Crippen molar-refractivity contribution in [2.75, 3.05) is 21.3 Å². The molecule has 1 aliphatic heterocycles. The highest BCUT2D eigenvalue weighted by molar-refractivity contribution is 6.24. The maximum absolute atomic E-state index is 12.5. The second kappa shape index (κ2) is 6.98. The average molecular weight is 343 g/mol. The molecule has 24 heavy (non-hydrogen) atoms. The molecule has 1 amide bonds. The Bertz CT molecular complexity index is 566. The summed E-state index contributed by atoms with van der Waals surface area (Å²) in [5.41, 5.74) is -2.34. The van der Waals surface area contributed by atoms with Crippen molar-refractivity contribution in [2.45, 2.75) is 32.4 Å². The molecule has 1 fully saturated rings. The number of methoxy groups -OCH3 is 3. The molecule has 1 aliphatic rings. The van der Waals surface area contributed by atoms with Crippen molar-refractivity contribution < 1.29 is 38.2 Å². The first-order valence-corrected chi connectivity index (χ1v) is 7.21. The van der Waals surface area contributed by atoms with Crippen molar-refractivity contribution in [3.63, 3.8) is 0 Å². The van der Waals surface area contributed by atoms with Crippen molar-refractivity contribution in [3.05, 3.63) is 0 Å². The Morgan fingerprint density at radius 2 is 1.46 bits per heavy atom. The molecule has 134 valence electrons. The molecule has 0 aromatic rings. The van der Waals surface area contributed by atoms with Gasteiger partial charge in [0, 0.05) is 0 Å². The number of amides is 1. The summed E-state index contributed by atoms with van der Waals surface area (Å²) in [7, 11) is 3.13. The van der Waals surface area contributed by atoms with Crippen molar-refractivity contribution in [1.82, 2.24) is 4.90 Å². The topological polar surface area (TPSA) is 116 Å². The summed E-state index contributed by atoms with van der Waals surface area (Å²) in [6, 6.07) is -1.25. The van der Waals surface area contributed by atoms with E-state index in [1.165, 1.54) is 0 Å². The molecule has 0 radical (unpaired) electrons. The molecule has 0 aromatic heterocycles. The number of esters is 3. The van der Waals surface area contributed by atoms with Crippen LogP contribution in [0.2, 0.25) is 0 Å². The molecule has 0 N–H and O–H groups in total. The highest BCUT2D eigenvalue weighted by Gasteiger charge is 2.75. The van der Waals surface area contributed by atoms with Crippen LogP contribution in [0.1, 0.15) is 20.8 Å². The van der Waals surface area contributed by atoms with Gasteiger partial charge in [-0.25, -0.2) is 14.4 Å². The van der Waals surface area contributed by atoms with Gasteiger partial charge in [0.1, 0.15) is 17.7 Å². The van der Waals surface area contributed by atoms with Crippen LogP contribution < -0.4 is 0 Å². The fraction of sp³-hybridized carbons (Fsp3) is 0.667. The Morgan fingerprint density at radius 3 is 1.75 bits per heavy atom. The number of nitrogens with zero attached hydrogens (tertiary/aromatic N) is 1. The quantitative estimate of drug-likeness (QED) is 0.269. The first-order chi connectivity index (χ1) is 11.1. The SMILES string of the molecule is COC(=O)C(C(C)C)N1C(=O)C(C(C)=O)C1(C(=O)OC)C(=O)OC. The number of rotatable bonds is 6. The van der Waals surface area contributed by atoms with Gasteiger partial charge >= 0.3 is 17.9 Å². The molecule has 1 heterocycles. The van der Waals surface area contributed by atoms with Crippen LogP contribution in [0.4, 0.5) is 0 Å². The van der Waals surface area contributed by atoms with E-state index >= 15 is 0 Å². The minimum atomic E-state index is -2.34. The highest BCUT2D eigenvalue weighted by Crippen LogP contribution is 2.44. The van der Waals surface area contributed by atoms with Gasteiger partial charge in [-0.05, 0) is 12.8 Å². The van der Waals surface area contributed by atoms with Gasteiger partial charge in [-0.15, -0.1) is 0 Å². The van der Waals surface area contributed by atoms with Crippen LogP contribution in [0.5, 0.6) is 0 Å². The fourth-order valence-corrected chi connectivity index (χ4v) is 3.01. The number of hydrogen-bond donors (Lipinski definition) is 0. The molecular formula is C15H21NO8. The van der Waals surface area contributed by atoms with Crippen LogP contribution in [0.15, 0.2) is 0 Å². The second-order valence-electron chi connectivity index (χ2n) is 5.71. The molecule has 0 aliphatic carbocycles. The minimum Gasteiger partial charge on any atom is -0.467 e. The number of carbonyl (C=O) groups excluding carboxylic acids is 5. The van der Waals surface area contributed by atoms with Gasteiger partial charge in [0.25, 0.3) is 5.54 Å². The van der Waals surface area contributed by atoms with Crippen LogP contribution in [0, 0.1) is 11.8 Å². The number of β-lactam (4-membered cyclic amide) rings is 1.